The zero-order chi connectivity index (χ0) is 18.1. The van der Waals surface area contributed by atoms with Crippen molar-refractivity contribution in [3.63, 3.8) is 0 Å². The molecule has 1 N–H and O–H groups in total. The molecule has 0 radical (unpaired) electrons. The number of aromatic nitrogens is 2. The first-order valence-corrected chi connectivity index (χ1v) is 8.24. The van der Waals surface area contributed by atoms with E-state index in [4.69, 9.17) is 21.0 Å². The maximum absolute atomic E-state index is 9.03. The van der Waals surface area contributed by atoms with Crippen LogP contribution in [0, 0.1) is 45.3 Å². The third kappa shape index (κ3) is 4.66. The van der Waals surface area contributed by atoms with Crippen LogP contribution in [0.25, 0.3) is 11.0 Å². The van der Waals surface area contributed by atoms with Gasteiger partial charge in [0, 0.05) is 25.7 Å². The Bertz CT molecular complexity index is 843. The van der Waals surface area contributed by atoms with E-state index in [1.807, 2.05) is 0 Å². The third-order valence-corrected chi connectivity index (χ3v) is 4.27. The standard InChI is InChI=1S/C19H18N6.Li.H/c20-9-1-5-14-15(6-2-10-21)17(8-4-12-23)19-18(24-13-25-19)16(14)7-3-11-22;;/h13H,1-8H2,(H,24,25);;. The number of nitrogens with one attached hydrogen (secondary N) is 1. The Morgan fingerprint density at radius 2 is 1.12 bits per heavy atom. The molecule has 1 aromatic heterocycles. The Balaban J connectivity index is 0.00000338. The number of aromatic amines is 1. The predicted octanol–water partition coefficient (Wildman–Crippen LogP) is 2.74. The number of hydrogen-bond donors (Lipinski definition) is 1. The van der Waals surface area contributed by atoms with Crippen LogP contribution >= 0.6 is 0 Å². The number of H-pyrrole nitrogens is 1. The molecule has 0 aliphatic heterocycles. The van der Waals surface area contributed by atoms with Gasteiger partial charge in [-0.1, -0.05) is 0 Å². The molecule has 0 amide bonds. The van der Waals surface area contributed by atoms with Crippen molar-refractivity contribution in [2.45, 2.75) is 51.4 Å². The van der Waals surface area contributed by atoms with E-state index in [0.717, 1.165) is 33.3 Å². The number of benzene rings is 1. The van der Waals surface area contributed by atoms with Crippen molar-refractivity contribution >= 4 is 29.9 Å². The molecule has 0 saturated heterocycles. The van der Waals surface area contributed by atoms with Gasteiger partial charge in [0.05, 0.1) is 41.6 Å². The Hall–Kier alpha value is -2.75. The summed E-state index contributed by atoms with van der Waals surface area (Å²) in [5.41, 5.74) is 5.77. The fourth-order valence-electron chi connectivity index (χ4n) is 3.28. The number of aryl methyl sites for hydroxylation is 2. The van der Waals surface area contributed by atoms with Crippen LogP contribution in [0.4, 0.5) is 0 Å². The molecule has 1 aromatic carbocycles. The van der Waals surface area contributed by atoms with Gasteiger partial charge in [0.25, 0.3) is 0 Å². The first kappa shape index (κ1) is 21.3. The van der Waals surface area contributed by atoms with Gasteiger partial charge < -0.3 is 4.98 Å². The molecule has 0 atom stereocenters. The molecule has 126 valence electrons. The Labute approximate surface area is 165 Å². The molecular formula is C19H19LiN6. The predicted molar refractivity (Wildman–Crippen MR) is 99.0 cm³/mol. The van der Waals surface area contributed by atoms with E-state index in [1.165, 1.54) is 0 Å². The average Bonchev–Trinajstić information content (AvgIpc) is 3.11. The first-order chi connectivity index (χ1) is 12.3. The van der Waals surface area contributed by atoms with Crippen LogP contribution < -0.4 is 0 Å². The van der Waals surface area contributed by atoms with E-state index in [0.29, 0.717) is 51.4 Å². The van der Waals surface area contributed by atoms with Crippen LogP contribution in [0.2, 0.25) is 0 Å². The molecule has 0 saturated carbocycles. The van der Waals surface area contributed by atoms with Crippen molar-refractivity contribution in [1.82, 2.24) is 9.97 Å². The van der Waals surface area contributed by atoms with Gasteiger partial charge in [-0.25, -0.2) is 4.98 Å². The van der Waals surface area contributed by atoms with Gasteiger partial charge in [-0.15, -0.1) is 0 Å². The Morgan fingerprint density at radius 1 is 0.692 bits per heavy atom. The van der Waals surface area contributed by atoms with Gasteiger partial charge in [0.1, 0.15) is 0 Å². The minimum atomic E-state index is 0. The van der Waals surface area contributed by atoms with Crippen LogP contribution in [0.1, 0.15) is 47.9 Å². The maximum atomic E-state index is 9.03. The molecule has 0 bridgehead atoms. The van der Waals surface area contributed by atoms with Gasteiger partial charge in [0.2, 0.25) is 0 Å². The Kier molecular flexibility index (Phi) is 8.99. The molecule has 0 aliphatic carbocycles. The molecule has 0 spiro atoms. The summed E-state index contributed by atoms with van der Waals surface area (Å²) in [7, 11) is 0. The van der Waals surface area contributed by atoms with Crippen LogP contribution in [0.15, 0.2) is 6.33 Å². The van der Waals surface area contributed by atoms with Gasteiger partial charge in [-0.2, -0.15) is 21.0 Å². The minimum absolute atomic E-state index is 0. The van der Waals surface area contributed by atoms with Crippen molar-refractivity contribution in [2.24, 2.45) is 0 Å². The fourth-order valence-corrected chi connectivity index (χ4v) is 3.28. The summed E-state index contributed by atoms with van der Waals surface area (Å²) in [4.78, 5) is 7.60. The summed E-state index contributed by atoms with van der Waals surface area (Å²) in [5.74, 6) is 0. The van der Waals surface area contributed by atoms with Crippen LogP contribution in [-0.4, -0.2) is 28.8 Å². The van der Waals surface area contributed by atoms with Crippen molar-refractivity contribution < 1.29 is 0 Å². The number of imidazole rings is 1. The Morgan fingerprint density at radius 3 is 1.62 bits per heavy atom. The molecule has 0 fully saturated rings. The SMILES string of the molecule is N#CCCc1c(CCC#N)c(CCC#N)c2[nH]cnc2c1CCC#N.[LiH]. The van der Waals surface area contributed by atoms with E-state index in [9.17, 15) is 0 Å². The van der Waals surface area contributed by atoms with Crippen LogP contribution in [0.3, 0.4) is 0 Å². The van der Waals surface area contributed by atoms with E-state index < -0.39 is 0 Å². The summed E-state index contributed by atoms with van der Waals surface area (Å²) >= 11 is 0. The van der Waals surface area contributed by atoms with E-state index in [2.05, 4.69) is 34.2 Å². The topological polar surface area (TPSA) is 124 Å². The molecule has 26 heavy (non-hydrogen) atoms. The molecule has 2 rings (SSSR count). The molecule has 7 heteroatoms. The number of rotatable bonds is 8. The monoisotopic (exact) mass is 338 g/mol. The summed E-state index contributed by atoms with van der Waals surface area (Å²) in [6, 6.07) is 8.70. The van der Waals surface area contributed by atoms with E-state index >= 15 is 0 Å². The van der Waals surface area contributed by atoms with Crippen LogP contribution in [0.5, 0.6) is 0 Å². The van der Waals surface area contributed by atoms with Crippen molar-refractivity contribution in [2.75, 3.05) is 0 Å². The zero-order valence-electron chi connectivity index (χ0n) is 14.0. The van der Waals surface area contributed by atoms with E-state index in [-0.39, 0.29) is 18.9 Å². The molecular weight excluding hydrogens is 319 g/mol. The molecule has 2 aromatic rings. The second-order valence-corrected chi connectivity index (χ2v) is 5.67. The van der Waals surface area contributed by atoms with Crippen molar-refractivity contribution in [1.29, 1.82) is 21.0 Å². The average molecular weight is 338 g/mol. The normalized spacial score (nSPS) is 9.54. The first-order valence-electron chi connectivity index (χ1n) is 8.24. The van der Waals surface area contributed by atoms with Gasteiger partial charge >= 0.3 is 18.9 Å². The fraction of sp³-hybridized carbons (Fsp3) is 0.421. The second kappa shape index (κ2) is 11.0. The van der Waals surface area contributed by atoms with Crippen molar-refractivity contribution in [3.8, 4) is 24.3 Å². The van der Waals surface area contributed by atoms with Gasteiger partial charge in [-0.05, 0) is 47.9 Å². The molecule has 0 unspecified atom stereocenters. The summed E-state index contributed by atoms with van der Waals surface area (Å²) < 4.78 is 0. The zero-order valence-corrected chi connectivity index (χ0v) is 14.0. The number of hydrogen-bond acceptors (Lipinski definition) is 5. The molecule has 1 heterocycles. The third-order valence-electron chi connectivity index (χ3n) is 4.27. The molecule has 6 nitrogen and oxygen atoms in total. The second-order valence-electron chi connectivity index (χ2n) is 5.67. The number of nitrogens with zero attached hydrogens (tertiary/aromatic N) is 5. The molecule has 0 aliphatic rings. The van der Waals surface area contributed by atoms with Gasteiger partial charge in [0.15, 0.2) is 0 Å². The number of fused-ring (bicyclic) bond motifs is 1. The van der Waals surface area contributed by atoms with Crippen LogP contribution in [-0.2, 0) is 25.7 Å². The van der Waals surface area contributed by atoms with Gasteiger partial charge in [-0.3, -0.25) is 0 Å². The quantitative estimate of drug-likeness (QED) is 0.741. The summed E-state index contributed by atoms with van der Waals surface area (Å²) in [5, 5.41) is 36.0. The van der Waals surface area contributed by atoms with Crippen molar-refractivity contribution in [3.05, 3.63) is 28.6 Å². The number of nitriles is 4. The summed E-state index contributed by atoms with van der Waals surface area (Å²) in [6.07, 6.45) is 5.40. The summed E-state index contributed by atoms with van der Waals surface area (Å²) in [6.45, 7) is 0. The van der Waals surface area contributed by atoms with E-state index in [1.54, 1.807) is 6.33 Å².